The first-order chi connectivity index (χ1) is 8.81. The molecule has 1 aromatic carbocycles. The minimum atomic E-state index is 0.106. The fourth-order valence-electron chi connectivity index (χ4n) is 2.54. The van der Waals surface area contributed by atoms with Gasteiger partial charge in [0.2, 0.25) is 5.91 Å². The van der Waals surface area contributed by atoms with E-state index in [1.54, 1.807) is 0 Å². The third-order valence-electron chi connectivity index (χ3n) is 3.56. The number of carbonyl (C=O) groups is 1. The maximum Gasteiger partial charge on any atom is 0.224 e. The first kappa shape index (κ1) is 11.5. The third-order valence-corrected chi connectivity index (χ3v) is 3.56. The van der Waals surface area contributed by atoms with E-state index in [-0.39, 0.29) is 5.91 Å². The summed E-state index contributed by atoms with van der Waals surface area (Å²) in [5.74, 6) is 1.03. The van der Waals surface area contributed by atoms with Crippen LogP contribution in [-0.2, 0) is 11.2 Å². The number of amides is 1. The molecule has 0 aliphatic carbocycles. The smallest absolute Gasteiger partial charge is 0.224 e. The average Bonchev–Trinajstić information content (AvgIpc) is 2.40. The Morgan fingerprint density at radius 3 is 2.83 bits per heavy atom. The highest BCUT2D eigenvalue weighted by Gasteiger charge is 2.17. The number of anilines is 1. The number of benzene rings is 1. The predicted molar refractivity (Wildman–Crippen MR) is 69.9 cm³/mol. The molecule has 96 valence electrons. The number of carbonyl (C=O) groups excluding carboxylic acids is 1. The van der Waals surface area contributed by atoms with Crippen LogP contribution >= 0.6 is 0 Å². The van der Waals surface area contributed by atoms with Crippen LogP contribution in [0.25, 0.3) is 0 Å². The number of piperidine rings is 1. The van der Waals surface area contributed by atoms with Crippen molar-refractivity contribution in [2.24, 2.45) is 0 Å². The number of rotatable bonds is 2. The Morgan fingerprint density at radius 2 is 2.00 bits per heavy atom. The van der Waals surface area contributed by atoms with Crippen LogP contribution in [0.5, 0.6) is 5.75 Å². The second-order valence-electron chi connectivity index (χ2n) is 4.93. The van der Waals surface area contributed by atoms with E-state index in [4.69, 9.17) is 4.74 Å². The summed E-state index contributed by atoms with van der Waals surface area (Å²) < 4.78 is 6.00. The van der Waals surface area contributed by atoms with Crippen molar-refractivity contribution in [1.82, 2.24) is 5.32 Å². The van der Waals surface area contributed by atoms with Crippen molar-refractivity contribution in [1.29, 1.82) is 0 Å². The van der Waals surface area contributed by atoms with Crippen molar-refractivity contribution in [2.75, 3.05) is 18.4 Å². The molecule has 0 saturated carbocycles. The van der Waals surface area contributed by atoms with E-state index >= 15 is 0 Å². The van der Waals surface area contributed by atoms with Crippen LogP contribution in [0, 0.1) is 0 Å². The first-order valence-electron chi connectivity index (χ1n) is 6.61. The topological polar surface area (TPSA) is 50.4 Å². The molecule has 1 amide bonds. The number of hydrogen-bond donors (Lipinski definition) is 2. The van der Waals surface area contributed by atoms with Crippen molar-refractivity contribution < 1.29 is 9.53 Å². The molecule has 2 N–H and O–H groups in total. The van der Waals surface area contributed by atoms with Gasteiger partial charge in [-0.2, -0.15) is 0 Å². The minimum absolute atomic E-state index is 0.106. The maximum atomic E-state index is 11.3. The molecule has 2 aliphatic rings. The molecule has 0 atom stereocenters. The van der Waals surface area contributed by atoms with Crippen LogP contribution in [0.4, 0.5) is 5.69 Å². The Labute approximate surface area is 107 Å². The lowest BCUT2D eigenvalue weighted by atomic mass is 10.0. The van der Waals surface area contributed by atoms with E-state index < -0.39 is 0 Å². The van der Waals surface area contributed by atoms with Gasteiger partial charge in [-0.05, 0) is 56.1 Å². The van der Waals surface area contributed by atoms with Crippen molar-refractivity contribution >= 4 is 11.6 Å². The van der Waals surface area contributed by atoms with Gasteiger partial charge in [0.15, 0.2) is 0 Å². The van der Waals surface area contributed by atoms with E-state index in [1.807, 2.05) is 12.1 Å². The molecule has 4 nitrogen and oxygen atoms in total. The molecule has 0 aromatic heterocycles. The summed E-state index contributed by atoms with van der Waals surface area (Å²) in [6.07, 6.45) is 3.83. The van der Waals surface area contributed by atoms with Crippen molar-refractivity contribution in [3.63, 3.8) is 0 Å². The van der Waals surface area contributed by atoms with E-state index in [0.717, 1.165) is 43.8 Å². The summed E-state index contributed by atoms with van der Waals surface area (Å²) in [5.41, 5.74) is 2.12. The molecule has 0 radical (unpaired) electrons. The number of fused-ring (bicyclic) bond motifs is 1. The molecule has 1 aromatic rings. The third kappa shape index (κ3) is 2.48. The van der Waals surface area contributed by atoms with Gasteiger partial charge in [-0.25, -0.2) is 0 Å². The molecule has 18 heavy (non-hydrogen) atoms. The first-order valence-corrected chi connectivity index (χ1v) is 6.61. The molecule has 1 fully saturated rings. The Kier molecular flexibility index (Phi) is 3.19. The van der Waals surface area contributed by atoms with E-state index in [9.17, 15) is 4.79 Å². The van der Waals surface area contributed by atoms with Crippen LogP contribution < -0.4 is 15.4 Å². The summed E-state index contributed by atoms with van der Waals surface area (Å²) in [6.45, 7) is 2.07. The molecule has 0 bridgehead atoms. The van der Waals surface area contributed by atoms with Gasteiger partial charge in [0.25, 0.3) is 0 Å². The number of hydrogen-bond acceptors (Lipinski definition) is 3. The average molecular weight is 246 g/mol. The van der Waals surface area contributed by atoms with E-state index in [0.29, 0.717) is 12.5 Å². The van der Waals surface area contributed by atoms with Crippen LogP contribution in [0.1, 0.15) is 24.8 Å². The Morgan fingerprint density at radius 1 is 1.17 bits per heavy atom. The van der Waals surface area contributed by atoms with Crippen LogP contribution in [0.3, 0.4) is 0 Å². The lowest BCUT2D eigenvalue weighted by Gasteiger charge is -2.25. The quantitative estimate of drug-likeness (QED) is 0.835. The Balaban J connectivity index is 1.71. The molecule has 4 heteroatoms. The fourth-order valence-corrected chi connectivity index (χ4v) is 2.54. The van der Waals surface area contributed by atoms with Crippen molar-refractivity contribution in [3.8, 4) is 5.75 Å². The molecular formula is C14H18N2O2. The van der Waals surface area contributed by atoms with Crippen LogP contribution in [0.15, 0.2) is 18.2 Å². The van der Waals surface area contributed by atoms with Gasteiger partial charge in [0.1, 0.15) is 11.9 Å². The highest BCUT2D eigenvalue weighted by atomic mass is 16.5. The monoisotopic (exact) mass is 246 g/mol. The SMILES string of the molecule is O=C1CCc2cc(OC3CCNCC3)ccc2N1. The lowest BCUT2D eigenvalue weighted by Crippen LogP contribution is -2.34. The number of nitrogens with one attached hydrogen (secondary N) is 2. The van der Waals surface area contributed by atoms with Gasteiger partial charge in [-0.3, -0.25) is 4.79 Å². The van der Waals surface area contributed by atoms with Gasteiger partial charge < -0.3 is 15.4 Å². The fraction of sp³-hybridized carbons (Fsp3) is 0.500. The minimum Gasteiger partial charge on any atom is -0.490 e. The van der Waals surface area contributed by atoms with Gasteiger partial charge in [0, 0.05) is 12.1 Å². The van der Waals surface area contributed by atoms with Gasteiger partial charge in [-0.15, -0.1) is 0 Å². The van der Waals surface area contributed by atoms with Crippen molar-refractivity contribution in [2.45, 2.75) is 31.8 Å². The highest BCUT2D eigenvalue weighted by Crippen LogP contribution is 2.28. The van der Waals surface area contributed by atoms with Crippen molar-refractivity contribution in [3.05, 3.63) is 23.8 Å². The summed E-state index contributed by atoms with van der Waals surface area (Å²) in [6, 6.07) is 5.96. The lowest BCUT2D eigenvalue weighted by molar-refractivity contribution is -0.116. The number of ether oxygens (including phenoxy) is 1. The summed E-state index contributed by atoms with van der Waals surface area (Å²) in [5, 5.41) is 6.21. The van der Waals surface area contributed by atoms with Crippen LogP contribution in [0.2, 0.25) is 0 Å². The molecule has 2 aliphatic heterocycles. The molecule has 3 rings (SSSR count). The molecule has 0 spiro atoms. The van der Waals surface area contributed by atoms with E-state index in [1.165, 1.54) is 5.56 Å². The van der Waals surface area contributed by atoms with E-state index in [2.05, 4.69) is 16.7 Å². The molecule has 1 saturated heterocycles. The molecular weight excluding hydrogens is 228 g/mol. The largest absolute Gasteiger partial charge is 0.490 e. The Hall–Kier alpha value is -1.55. The summed E-state index contributed by atoms with van der Waals surface area (Å²) in [4.78, 5) is 11.3. The van der Waals surface area contributed by atoms with Gasteiger partial charge in [-0.1, -0.05) is 0 Å². The maximum absolute atomic E-state index is 11.3. The second kappa shape index (κ2) is 4.98. The standard InChI is InChI=1S/C14H18N2O2/c17-14-4-1-10-9-12(2-3-13(10)16-14)18-11-5-7-15-8-6-11/h2-3,9,11,15H,1,4-8H2,(H,16,17). The highest BCUT2D eigenvalue weighted by molar-refractivity contribution is 5.93. The zero-order chi connectivity index (χ0) is 12.4. The zero-order valence-corrected chi connectivity index (χ0v) is 10.4. The Bertz CT molecular complexity index is 453. The zero-order valence-electron chi connectivity index (χ0n) is 10.4. The van der Waals surface area contributed by atoms with Gasteiger partial charge >= 0.3 is 0 Å². The summed E-state index contributed by atoms with van der Waals surface area (Å²) in [7, 11) is 0. The normalized spacial score (nSPS) is 20.1. The van der Waals surface area contributed by atoms with Gasteiger partial charge in [0.05, 0.1) is 0 Å². The van der Waals surface area contributed by atoms with Crippen LogP contribution in [-0.4, -0.2) is 25.1 Å². The molecule has 2 heterocycles. The molecule has 0 unspecified atom stereocenters. The number of aryl methyl sites for hydroxylation is 1. The predicted octanol–water partition coefficient (Wildman–Crippen LogP) is 1.70. The second-order valence-corrected chi connectivity index (χ2v) is 4.93. The summed E-state index contributed by atoms with van der Waals surface area (Å²) >= 11 is 0.